The lowest BCUT2D eigenvalue weighted by Crippen LogP contribution is -1.92. The number of hydrogen-bond donors (Lipinski definition) is 1. The standard InChI is InChI=1S/C10H9NOS/c1-6-4-8-9(13-6)3-2-7(5-12)10(8)11/h2-5H,11H2,1H3. The lowest BCUT2D eigenvalue weighted by molar-refractivity contribution is 0.112. The van der Waals surface area contributed by atoms with E-state index < -0.39 is 0 Å². The van der Waals surface area contributed by atoms with Crippen molar-refractivity contribution in [2.45, 2.75) is 6.92 Å². The Kier molecular flexibility index (Phi) is 1.81. The second-order valence-corrected chi connectivity index (χ2v) is 4.24. The van der Waals surface area contributed by atoms with Gasteiger partial charge in [0.2, 0.25) is 0 Å². The Hall–Kier alpha value is -1.35. The van der Waals surface area contributed by atoms with Crippen LogP contribution in [0.15, 0.2) is 18.2 Å². The van der Waals surface area contributed by atoms with Gasteiger partial charge in [-0.1, -0.05) is 0 Å². The molecule has 0 radical (unpaired) electrons. The molecule has 0 aliphatic heterocycles. The summed E-state index contributed by atoms with van der Waals surface area (Å²) in [4.78, 5) is 11.8. The Morgan fingerprint density at radius 2 is 2.23 bits per heavy atom. The van der Waals surface area contributed by atoms with Crippen molar-refractivity contribution in [3.8, 4) is 0 Å². The molecular weight excluding hydrogens is 182 g/mol. The molecule has 2 aromatic rings. The van der Waals surface area contributed by atoms with E-state index in [0.29, 0.717) is 11.3 Å². The fraction of sp³-hybridized carbons (Fsp3) is 0.100. The molecule has 2 rings (SSSR count). The maximum absolute atomic E-state index is 10.6. The number of carbonyl (C=O) groups is 1. The number of aldehydes is 1. The SMILES string of the molecule is Cc1cc2c(N)c(C=O)ccc2s1. The number of hydrogen-bond acceptors (Lipinski definition) is 3. The molecule has 2 N–H and O–H groups in total. The van der Waals surface area contributed by atoms with Crippen LogP contribution in [0, 0.1) is 6.92 Å². The average molecular weight is 191 g/mol. The minimum Gasteiger partial charge on any atom is -0.398 e. The normalized spacial score (nSPS) is 10.5. The van der Waals surface area contributed by atoms with Crippen molar-refractivity contribution >= 4 is 33.4 Å². The van der Waals surface area contributed by atoms with Gasteiger partial charge in [0, 0.05) is 20.5 Å². The number of fused-ring (bicyclic) bond motifs is 1. The van der Waals surface area contributed by atoms with E-state index >= 15 is 0 Å². The van der Waals surface area contributed by atoms with Crippen LogP contribution in [0.1, 0.15) is 15.2 Å². The molecule has 0 spiro atoms. The average Bonchev–Trinajstić information content (AvgIpc) is 2.47. The van der Waals surface area contributed by atoms with Gasteiger partial charge in [0.15, 0.2) is 6.29 Å². The lowest BCUT2D eigenvalue weighted by Gasteiger charge is -1.98. The van der Waals surface area contributed by atoms with E-state index in [1.807, 2.05) is 19.1 Å². The quantitative estimate of drug-likeness (QED) is 0.556. The summed E-state index contributed by atoms with van der Waals surface area (Å²) in [6.07, 6.45) is 0.793. The molecule has 0 atom stereocenters. The maximum Gasteiger partial charge on any atom is 0.152 e. The molecule has 1 aromatic heterocycles. The first-order valence-corrected chi connectivity index (χ1v) is 4.78. The zero-order valence-corrected chi connectivity index (χ0v) is 8.02. The first-order valence-electron chi connectivity index (χ1n) is 3.96. The number of thiophene rings is 1. The highest BCUT2D eigenvalue weighted by Crippen LogP contribution is 2.30. The molecule has 1 heterocycles. The van der Waals surface area contributed by atoms with Crippen molar-refractivity contribution in [1.29, 1.82) is 0 Å². The fourth-order valence-electron chi connectivity index (χ4n) is 1.38. The number of carbonyl (C=O) groups excluding carboxylic acids is 1. The highest BCUT2D eigenvalue weighted by Gasteiger charge is 2.05. The second kappa shape index (κ2) is 2.85. The van der Waals surface area contributed by atoms with Crippen molar-refractivity contribution in [2.75, 3.05) is 5.73 Å². The number of nitrogens with two attached hydrogens (primary N) is 1. The van der Waals surface area contributed by atoms with Crippen molar-refractivity contribution in [3.63, 3.8) is 0 Å². The predicted octanol–water partition coefficient (Wildman–Crippen LogP) is 2.60. The third-order valence-corrected chi connectivity index (χ3v) is 3.04. The summed E-state index contributed by atoms with van der Waals surface area (Å²) in [5, 5.41) is 0.993. The third-order valence-electron chi connectivity index (χ3n) is 2.03. The van der Waals surface area contributed by atoms with Crippen LogP contribution in [0.4, 0.5) is 5.69 Å². The van der Waals surface area contributed by atoms with Crippen LogP contribution in [0.25, 0.3) is 10.1 Å². The molecule has 0 saturated heterocycles. The summed E-state index contributed by atoms with van der Waals surface area (Å²) in [7, 11) is 0. The van der Waals surface area contributed by atoms with E-state index in [-0.39, 0.29) is 0 Å². The van der Waals surface area contributed by atoms with Gasteiger partial charge in [-0.15, -0.1) is 11.3 Å². The van der Waals surface area contributed by atoms with E-state index in [9.17, 15) is 4.79 Å². The smallest absolute Gasteiger partial charge is 0.152 e. The molecule has 0 aliphatic carbocycles. The first kappa shape index (κ1) is 8.26. The van der Waals surface area contributed by atoms with Gasteiger partial charge in [-0.25, -0.2) is 0 Å². The van der Waals surface area contributed by atoms with Gasteiger partial charge in [0.25, 0.3) is 0 Å². The van der Waals surface area contributed by atoms with Crippen LogP contribution in [0.2, 0.25) is 0 Å². The second-order valence-electron chi connectivity index (χ2n) is 2.96. The molecule has 0 unspecified atom stereocenters. The van der Waals surface area contributed by atoms with Gasteiger partial charge < -0.3 is 5.73 Å². The fourth-order valence-corrected chi connectivity index (χ4v) is 2.32. The van der Waals surface area contributed by atoms with Gasteiger partial charge in [0.05, 0.1) is 5.69 Å². The minimum absolute atomic E-state index is 0.574. The van der Waals surface area contributed by atoms with Crippen LogP contribution in [0.5, 0.6) is 0 Å². The zero-order chi connectivity index (χ0) is 9.42. The summed E-state index contributed by atoms with van der Waals surface area (Å²) in [5.74, 6) is 0. The van der Waals surface area contributed by atoms with E-state index in [2.05, 4.69) is 0 Å². The molecule has 66 valence electrons. The van der Waals surface area contributed by atoms with E-state index in [0.717, 1.165) is 16.4 Å². The highest BCUT2D eigenvalue weighted by molar-refractivity contribution is 7.19. The highest BCUT2D eigenvalue weighted by atomic mass is 32.1. The third kappa shape index (κ3) is 1.21. The Morgan fingerprint density at radius 1 is 1.46 bits per heavy atom. The molecule has 0 bridgehead atoms. The number of nitrogen functional groups attached to an aromatic ring is 1. The molecule has 1 aromatic carbocycles. The Bertz CT molecular complexity index is 473. The van der Waals surface area contributed by atoms with Crippen LogP contribution >= 0.6 is 11.3 Å². The molecule has 0 saturated carbocycles. The summed E-state index contributed by atoms with van der Waals surface area (Å²) >= 11 is 1.69. The van der Waals surface area contributed by atoms with Gasteiger partial charge in [-0.2, -0.15) is 0 Å². The summed E-state index contributed by atoms with van der Waals surface area (Å²) < 4.78 is 1.14. The van der Waals surface area contributed by atoms with Crippen LogP contribution in [0.3, 0.4) is 0 Å². The molecule has 3 heteroatoms. The predicted molar refractivity (Wildman–Crippen MR) is 56.4 cm³/mol. The molecule has 0 aliphatic rings. The number of aryl methyl sites for hydroxylation is 1. The lowest BCUT2D eigenvalue weighted by atomic mass is 10.1. The molecule has 13 heavy (non-hydrogen) atoms. The minimum atomic E-state index is 0.574. The van der Waals surface area contributed by atoms with Crippen molar-refractivity contribution < 1.29 is 4.79 Å². The van der Waals surface area contributed by atoms with Gasteiger partial charge in [-0.3, -0.25) is 4.79 Å². The molecule has 0 fully saturated rings. The monoisotopic (exact) mass is 191 g/mol. The van der Waals surface area contributed by atoms with Gasteiger partial charge >= 0.3 is 0 Å². The van der Waals surface area contributed by atoms with Crippen LogP contribution in [-0.2, 0) is 0 Å². The van der Waals surface area contributed by atoms with Gasteiger partial charge in [0.1, 0.15) is 0 Å². The van der Waals surface area contributed by atoms with Gasteiger partial charge in [-0.05, 0) is 25.1 Å². The topological polar surface area (TPSA) is 43.1 Å². The number of anilines is 1. The van der Waals surface area contributed by atoms with Crippen molar-refractivity contribution in [1.82, 2.24) is 0 Å². The Morgan fingerprint density at radius 3 is 2.92 bits per heavy atom. The Labute approximate surface area is 80.0 Å². The van der Waals surface area contributed by atoms with Crippen LogP contribution in [-0.4, -0.2) is 6.29 Å². The van der Waals surface area contributed by atoms with E-state index in [1.54, 1.807) is 17.4 Å². The summed E-state index contributed by atoms with van der Waals surface area (Å²) in [5.41, 5.74) is 6.99. The number of benzene rings is 1. The first-order chi connectivity index (χ1) is 6.22. The summed E-state index contributed by atoms with van der Waals surface area (Å²) in [6, 6.07) is 5.72. The Balaban J connectivity index is 2.85. The molecular formula is C10H9NOS. The largest absolute Gasteiger partial charge is 0.398 e. The van der Waals surface area contributed by atoms with Crippen LogP contribution < -0.4 is 5.73 Å². The maximum atomic E-state index is 10.6. The zero-order valence-electron chi connectivity index (χ0n) is 7.20. The summed E-state index contributed by atoms with van der Waals surface area (Å²) in [6.45, 7) is 2.03. The number of rotatable bonds is 1. The van der Waals surface area contributed by atoms with Crippen molar-refractivity contribution in [3.05, 3.63) is 28.6 Å². The van der Waals surface area contributed by atoms with E-state index in [4.69, 9.17) is 5.73 Å². The van der Waals surface area contributed by atoms with E-state index in [1.165, 1.54) is 4.88 Å². The molecule has 0 amide bonds. The molecule has 2 nitrogen and oxygen atoms in total. The van der Waals surface area contributed by atoms with Crippen molar-refractivity contribution in [2.24, 2.45) is 0 Å².